The monoisotopic (exact) mass is 421 g/mol. The van der Waals surface area contributed by atoms with E-state index in [1.807, 2.05) is 0 Å². The molecule has 10 heteroatoms. The molecule has 0 aliphatic heterocycles. The molecule has 30 heavy (non-hydrogen) atoms. The first-order valence-corrected chi connectivity index (χ1v) is 9.18. The maximum atomic E-state index is 13.8. The van der Waals surface area contributed by atoms with Crippen LogP contribution >= 0.6 is 0 Å². The van der Waals surface area contributed by atoms with Crippen molar-refractivity contribution in [3.05, 3.63) is 53.6 Å². The predicted molar refractivity (Wildman–Crippen MR) is 97.8 cm³/mol. The number of ether oxygens (including phenoxy) is 3. The average molecular weight is 421 g/mol. The SMILES string of the molecule is COCOc1cc(-c2cnc(OC3CC(c4ccc(C(F)F)c(F)c4)C3)cn2)on1. The Morgan fingerprint density at radius 2 is 1.97 bits per heavy atom. The highest BCUT2D eigenvalue weighted by molar-refractivity contribution is 5.51. The van der Waals surface area contributed by atoms with E-state index in [9.17, 15) is 13.2 Å². The van der Waals surface area contributed by atoms with Gasteiger partial charge in [0.05, 0.1) is 24.0 Å². The number of halogens is 3. The molecule has 1 fully saturated rings. The van der Waals surface area contributed by atoms with Gasteiger partial charge in [-0.1, -0.05) is 12.1 Å². The molecule has 0 atom stereocenters. The van der Waals surface area contributed by atoms with E-state index < -0.39 is 17.8 Å². The van der Waals surface area contributed by atoms with Gasteiger partial charge in [0, 0.05) is 7.11 Å². The maximum Gasteiger partial charge on any atom is 0.266 e. The van der Waals surface area contributed by atoms with Crippen LogP contribution in [0.4, 0.5) is 13.2 Å². The summed E-state index contributed by atoms with van der Waals surface area (Å²) in [5, 5.41) is 3.74. The minimum atomic E-state index is -2.82. The van der Waals surface area contributed by atoms with E-state index >= 15 is 0 Å². The highest BCUT2D eigenvalue weighted by atomic mass is 19.3. The molecule has 2 heterocycles. The van der Waals surface area contributed by atoms with Crippen LogP contribution in [0.2, 0.25) is 0 Å². The van der Waals surface area contributed by atoms with Crippen molar-refractivity contribution in [2.75, 3.05) is 13.9 Å². The molecule has 0 radical (unpaired) electrons. The normalized spacial score (nSPS) is 18.3. The standard InChI is InChI=1S/C20H18F3N3O4/c1-27-10-28-18-7-17(30-26-18)16-8-25-19(9-24-16)29-13-4-12(5-13)11-2-3-14(20(22)23)15(21)6-11/h2-3,6-9,12-13,20H,4-5,10H2,1H3. The smallest absolute Gasteiger partial charge is 0.266 e. The Labute approximate surface area is 169 Å². The summed E-state index contributed by atoms with van der Waals surface area (Å²) in [4.78, 5) is 8.45. The van der Waals surface area contributed by atoms with Gasteiger partial charge in [-0.25, -0.2) is 23.1 Å². The number of benzene rings is 1. The molecule has 1 aliphatic rings. The zero-order valence-corrected chi connectivity index (χ0v) is 15.9. The summed E-state index contributed by atoms with van der Waals surface area (Å²) in [6.45, 7) is 0.0514. The zero-order chi connectivity index (χ0) is 21.1. The van der Waals surface area contributed by atoms with Gasteiger partial charge >= 0.3 is 0 Å². The molecule has 1 aliphatic carbocycles. The molecule has 0 unspecified atom stereocenters. The number of hydrogen-bond donors (Lipinski definition) is 0. The van der Waals surface area contributed by atoms with Gasteiger partial charge in [-0.05, 0) is 35.5 Å². The van der Waals surface area contributed by atoms with Gasteiger partial charge in [0.2, 0.25) is 5.88 Å². The van der Waals surface area contributed by atoms with E-state index in [1.165, 1.54) is 25.6 Å². The van der Waals surface area contributed by atoms with Crippen LogP contribution in [0, 0.1) is 5.82 Å². The fraction of sp³-hybridized carbons (Fsp3) is 0.350. The number of hydrogen-bond acceptors (Lipinski definition) is 7. The van der Waals surface area contributed by atoms with E-state index in [0.717, 1.165) is 6.07 Å². The first-order chi connectivity index (χ1) is 14.5. The molecular formula is C20H18F3N3O4. The second-order valence-corrected chi connectivity index (χ2v) is 6.81. The Bertz CT molecular complexity index is 991. The highest BCUT2D eigenvalue weighted by Gasteiger charge is 2.33. The number of aromatic nitrogens is 3. The average Bonchev–Trinajstić information content (AvgIpc) is 3.18. The predicted octanol–water partition coefficient (Wildman–Crippen LogP) is 4.52. The molecule has 0 saturated heterocycles. The molecule has 158 valence electrons. The Morgan fingerprint density at radius 1 is 1.13 bits per heavy atom. The second kappa shape index (κ2) is 8.70. The molecule has 3 aromatic rings. The van der Waals surface area contributed by atoms with Gasteiger partial charge in [0.15, 0.2) is 12.6 Å². The van der Waals surface area contributed by atoms with Crippen LogP contribution in [0.5, 0.6) is 11.8 Å². The summed E-state index contributed by atoms with van der Waals surface area (Å²) in [7, 11) is 1.50. The molecule has 0 amide bonds. The number of methoxy groups -OCH3 is 1. The first kappa shape index (κ1) is 20.1. The quantitative estimate of drug-likeness (QED) is 0.495. The van der Waals surface area contributed by atoms with Crippen LogP contribution in [0.1, 0.15) is 36.3 Å². The lowest BCUT2D eigenvalue weighted by Gasteiger charge is -2.35. The van der Waals surface area contributed by atoms with Crippen molar-refractivity contribution in [1.29, 1.82) is 0 Å². The Morgan fingerprint density at radius 3 is 2.63 bits per heavy atom. The molecule has 0 N–H and O–H groups in total. The number of alkyl halides is 2. The van der Waals surface area contributed by atoms with Crippen molar-refractivity contribution in [2.45, 2.75) is 31.3 Å². The lowest BCUT2D eigenvalue weighted by molar-refractivity contribution is 0.0453. The Kier molecular flexibility index (Phi) is 5.84. The lowest BCUT2D eigenvalue weighted by atomic mass is 9.77. The van der Waals surface area contributed by atoms with Gasteiger partial charge in [0.1, 0.15) is 17.6 Å². The van der Waals surface area contributed by atoms with Crippen molar-refractivity contribution < 1.29 is 31.9 Å². The van der Waals surface area contributed by atoms with Gasteiger partial charge in [0.25, 0.3) is 12.3 Å². The van der Waals surface area contributed by atoms with Gasteiger partial charge in [-0.2, -0.15) is 0 Å². The molecule has 0 spiro atoms. The van der Waals surface area contributed by atoms with E-state index in [0.29, 0.717) is 35.7 Å². The molecule has 7 nitrogen and oxygen atoms in total. The summed E-state index contributed by atoms with van der Waals surface area (Å²) in [5.74, 6) is 0.183. The van der Waals surface area contributed by atoms with Crippen LogP contribution in [0.3, 0.4) is 0 Å². The summed E-state index contributed by atoms with van der Waals surface area (Å²) in [6, 6.07) is 5.43. The van der Waals surface area contributed by atoms with Crippen LogP contribution in [0.15, 0.2) is 41.2 Å². The van der Waals surface area contributed by atoms with Crippen LogP contribution in [0.25, 0.3) is 11.5 Å². The van der Waals surface area contributed by atoms with E-state index in [4.69, 9.17) is 18.7 Å². The van der Waals surface area contributed by atoms with Gasteiger partial charge < -0.3 is 18.7 Å². The molecule has 4 rings (SSSR count). The summed E-state index contributed by atoms with van der Waals surface area (Å²) < 4.78 is 59.9. The summed E-state index contributed by atoms with van der Waals surface area (Å²) in [6.07, 6.45) is 1.31. The van der Waals surface area contributed by atoms with Crippen molar-refractivity contribution in [3.63, 3.8) is 0 Å². The largest absolute Gasteiger partial charge is 0.473 e. The Hall–Kier alpha value is -3.14. The first-order valence-electron chi connectivity index (χ1n) is 9.18. The minimum absolute atomic E-state index is 0.0514. The topological polar surface area (TPSA) is 79.5 Å². The van der Waals surface area contributed by atoms with Gasteiger partial charge in [-0.15, -0.1) is 0 Å². The summed E-state index contributed by atoms with van der Waals surface area (Å²) >= 11 is 0. The molecule has 1 aromatic carbocycles. The van der Waals surface area contributed by atoms with Crippen molar-refractivity contribution in [1.82, 2.24) is 15.1 Å². The Balaban J connectivity index is 1.31. The maximum absolute atomic E-state index is 13.8. The van der Waals surface area contributed by atoms with Crippen LogP contribution in [-0.2, 0) is 4.74 Å². The van der Waals surface area contributed by atoms with Crippen molar-refractivity contribution in [3.8, 4) is 23.2 Å². The van der Waals surface area contributed by atoms with Crippen molar-refractivity contribution in [2.24, 2.45) is 0 Å². The molecule has 2 aromatic heterocycles. The lowest BCUT2D eigenvalue weighted by Crippen LogP contribution is -2.32. The fourth-order valence-corrected chi connectivity index (χ4v) is 3.15. The third kappa shape index (κ3) is 4.38. The van der Waals surface area contributed by atoms with E-state index in [1.54, 1.807) is 12.1 Å². The summed E-state index contributed by atoms with van der Waals surface area (Å²) in [5.41, 5.74) is 0.573. The number of nitrogens with zero attached hydrogens (tertiary/aromatic N) is 3. The van der Waals surface area contributed by atoms with Crippen LogP contribution in [-0.4, -0.2) is 35.1 Å². The third-order valence-corrected chi connectivity index (χ3v) is 4.81. The molecule has 0 bridgehead atoms. The van der Waals surface area contributed by atoms with E-state index in [-0.39, 0.29) is 24.7 Å². The number of rotatable bonds is 8. The minimum Gasteiger partial charge on any atom is -0.473 e. The van der Waals surface area contributed by atoms with E-state index in [2.05, 4.69) is 15.1 Å². The zero-order valence-electron chi connectivity index (χ0n) is 15.9. The second-order valence-electron chi connectivity index (χ2n) is 6.81. The van der Waals surface area contributed by atoms with Crippen LogP contribution < -0.4 is 9.47 Å². The molecule has 1 saturated carbocycles. The van der Waals surface area contributed by atoms with Crippen molar-refractivity contribution >= 4 is 0 Å². The van der Waals surface area contributed by atoms with Gasteiger partial charge in [-0.3, -0.25) is 0 Å². The molecular weight excluding hydrogens is 403 g/mol. The fourth-order valence-electron chi connectivity index (χ4n) is 3.15. The highest BCUT2D eigenvalue weighted by Crippen LogP contribution is 2.40. The third-order valence-electron chi connectivity index (χ3n) is 4.81.